The number of hydrogen-bond donors (Lipinski definition) is 3. The van der Waals surface area contributed by atoms with Gasteiger partial charge >= 0.3 is 0 Å². The van der Waals surface area contributed by atoms with Crippen LogP contribution in [-0.2, 0) is 30.8 Å². The second-order valence-corrected chi connectivity index (χ2v) is 11.9. The molecule has 11 nitrogen and oxygen atoms in total. The van der Waals surface area contributed by atoms with Crippen molar-refractivity contribution < 1.29 is 22.8 Å². The highest BCUT2D eigenvalue weighted by molar-refractivity contribution is 8.14. The average molecular weight is 585 g/mol. The van der Waals surface area contributed by atoms with Gasteiger partial charge in [0.05, 0.1) is 16.3 Å². The lowest BCUT2D eigenvalue weighted by Gasteiger charge is -2.25. The van der Waals surface area contributed by atoms with Crippen molar-refractivity contribution >= 4 is 56.2 Å². The van der Waals surface area contributed by atoms with Crippen molar-refractivity contribution in [3.63, 3.8) is 0 Å². The van der Waals surface area contributed by atoms with Crippen LogP contribution in [-0.4, -0.2) is 66.9 Å². The normalized spacial score (nSPS) is 16.1. The summed E-state index contributed by atoms with van der Waals surface area (Å²) < 4.78 is 22.8. The van der Waals surface area contributed by atoms with Crippen molar-refractivity contribution in [3.8, 4) is 0 Å². The molecule has 212 valence electrons. The molecule has 40 heavy (non-hydrogen) atoms. The molecule has 0 unspecified atom stereocenters. The highest BCUT2D eigenvalue weighted by atomic mass is 32.2. The standard InChI is InChI=1S/C27H32N6O5S2/c1-2-3-15-29-23(34)13-12-22-26(36)33-25(31-22)20-6-4-5-7-21(20)32-27(33)39-17-24(35)30-16-14-18-8-10-19(11-9-18)40(28,37)38/h4-11,22H,2-3,12-17H2,1H3,(H,29,34)(H,30,35)(H2,28,37,38)/t22-/m1/s1. The molecule has 4 N–H and O–H groups in total. The number of sulfonamides is 1. The third-order valence-corrected chi connectivity index (χ3v) is 8.23. The number of para-hydroxylation sites is 1. The fourth-order valence-electron chi connectivity index (χ4n) is 4.22. The van der Waals surface area contributed by atoms with Crippen LogP contribution >= 0.6 is 11.8 Å². The minimum Gasteiger partial charge on any atom is -0.356 e. The largest absolute Gasteiger partial charge is 0.356 e. The van der Waals surface area contributed by atoms with Crippen molar-refractivity contribution in [2.45, 2.75) is 50.0 Å². The first-order chi connectivity index (χ1) is 19.2. The average Bonchev–Trinajstić information content (AvgIpc) is 3.27. The van der Waals surface area contributed by atoms with Gasteiger partial charge in [-0.3, -0.25) is 19.4 Å². The van der Waals surface area contributed by atoms with Crippen molar-refractivity contribution in [2.24, 2.45) is 15.1 Å². The van der Waals surface area contributed by atoms with Crippen molar-refractivity contribution in [1.29, 1.82) is 0 Å². The van der Waals surface area contributed by atoms with Gasteiger partial charge in [0.15, 0.2) is 5.17 Å². The van der Waals surface area contributed by atoms with Crippen LogP contribution in [0, 0.1) is 0 Å². The van der Waals surface area contributed by atoms with Gasteiger partial charge in [-0.05, 0) is 49.1 Å². The smallest absolute Gasteiger partial charge is 0.259 e. The molecule has 0 radical (unpaired) electrons. The summed E-state index contributed by atoms with van der Waals surface area (Å²) in [5, 5.41) is 11.2. The van der Waals surface area contributed by atoms with Gasteiger partial charge in [0.25, 0.3) is 5.91 Å². The molecule has 3 amide bonds. The van der Waals surface area contributed by atoms with E-state index >= 15 is 0 Å². The van der Waals surface area contributed by atoms with Gasteiger partial charge in [0.1, 0.15) is 11.9 Å². The fourth-order valence-corrected chi connectivity index (χ4v) is 5.57. The molecular weight excluding hydrogens is 552 g/mol. The van der Waals surface area contributed by atoms with E-state index in [2.05, 4.69) is 27.5 Å². The molecule has 0 bridgehead atoms. The number of hydrogen-bond acceptors (Lipinski definition) is 8. The zero-order valence-corrected chi connectivity index (χ0v) is 23.8. The van der Waals surface area contributed by atoms with E-state index in [0.717, 1.165) is 35.7 Å². The van der Waals surface area contributed by atoms with E-state index in [1.165, 1.54) is 17.0 Å². The molecule has 2 aliphatic rings. The maximum Gasteiger partial charge on any atom is 0.259 e. The van der Waals surface area contributed by atoms with E-state index in [1.54, 1.807) is 12.1 Å². The molecule has 2 heterocycles. The highest BCUT2D eigenvalue weighted by Gasteiger charge is 2.41. The lowest BCUT2D eigenvalue weighted by atomic mass is 10.1. The van der Waals surface area contributed by atoms with E-state index in [0.29, 0.717) is 36.2 Å². The molecule has 0 spiro atoms. The van der Waals surface area contributed by atoms with Gasteiger partial charge in [-0.2, -0.15) is 0 Å². The summed E-state index contributed by atoms with van der Waals surface area (Å²) in [5.74, 6) is -0.0872. The van der Waals surface area contributed by atoms with Gasteiger partial charge < -0.3 is 10.6 Å². The quantitative estimate of drug-likeness (QED) is 0.323. The molecule has 0 saturated carbocycles. The molecule has 2 aromatic carbocycles. The number of amidine groups is 2. The lowest BCUT2D eigenvalue weighted by Crippen LogP contribution is -2.42. The number of carbonyl (C=O) groups excluding carboxylic acids is 3. The van der Waals surface area contributed by atoms with Crippen LogP contribution in [0.3, 0.4) is 0 Å². The topological polar surface area (TPSA) is 163 Å². The molecule has 2 aliphatic heterocycles. The fraction of sp³-hybridized carbons (Fsp3) is 0.370. The van der Waals surface area contributed by atoms with Crippen molar-refractivity contribution in [1.82, 2.24) is 15.5 Å². The Balaban J connectivity index is 1.34. The Kier molecular flexibility index (Phi) is 9.71. The third-order valence-electron chi connectivity index (χ3n) is 6.37. The summed E-state index contributed by atoms with van der Waals surface area (Å²) in [5.41, 5.74) is 2.24. The molecule has 0 saturated heterocycles. The first-order valence-electron chi connectivity index (χ1n) is 13.0. The summed E-state index contributed by atoms with van der Waals surface area (Å²) in [7, 11) is -3.75. The second kappa shape index (κ2) is 13.2. The van der Waals surface area contributed by atoms with E-state index in [-0.39, 0.29) is 41.2 Å². The molecule has 0 aliphatic carbocycles. The van der Waals surface area contributed by atoms with Gasteiger partial charge in [-0.25, -0.2) is 23.4 Å². The first kappa shape index (κ1) is 29.4. The summed E-state index contributed by atoms with van der Waals surface area (Å²) in [4.78, 5) is 48.9. The lowest BCUT2D eigenvalue weighted by molar-refractivity contribution is -0.125. The highest BCUT2D eigenvalue weighted by Crippen LogP contribution is 2.34. The van der Waals surface area contributed by atoms with Crippen LogP contribution in [0.2, 0.25) is 0 Å². The Morgan fingerprint density at radius 1 is 1.05 bits per heavy atom. The SMILES string of the molecule is CCCCNC(=O)CC[C@H]1N=C2c3ccccc3N=C(SCC(=O)NCCc3ccc(S(N)(=O)=O)cc3)N2C1=O. The Labute approximate surface area is 237 Å². The number of nitrogens with zero attached hydrogens (tertiary/aromatic N) is 3. The number of thioether (sulfide) groups is 1. The summed E-state index contributed by atoms with van der Waals surface area (Å²) in [6.07, 6.45) is 2.87. The summed E-state index contributed by atoms with van der Waals surface area (Å²) >= 11 is 1.14. The van der Waals surface area contributed by atoms with Crippen molar-refractivity contribution in [3.05, 3.63) is 59.7 Å². The number of carbonyl (C=O) groups is 3. The zero-order chi connectivity index (χ0) is 28.7. The number of nitrogens with two attached hydrogens (primary N) is 1. The number of fused-ring (bicyclic) bond motifs is 3. The van der Waals surface area contributed by atoms with E-state index in [9.17, 15) is 22.8 Å². The number of amides is 3. The number of primary sulfonamides is 1. The van der Waals surface area contributed by atoms with Gasteiger partial charge in [0, 0.05) is 25.1 Å². The molecule has 0 fully saturated rings. The number of aliphatic imine (C=N–C) groups is 2. The molecule has 2 aromatic rings. The number of unbranched alkanes of at least 4 members (excludes halogenated alkanes) is 1. The Bertz CT molecular complexity index is 1440. The third kappa shape index (κ3) is 7.34. The minimum atomic E-state index is -3.75. The molecule has 0 aromatic heterocycles. The maximum absolute atomic E-state index is 13.3. The first-order valence-corrected chi connectivity index (χ1v) is 15.6. The molecule has 4 rings (SSSR count). The Morgan fingerprint density at radius 2 is 1.77 bits per heavy atom. The van der Waals surface area contributed by atoms with E-state index < -0.39 is 16.1 Å². The van der Waals surface area contributed by atoms with Crippen LogP contribution in [0.5, 0.6) is 0 Å². The molecule has 13 heteroatoms. The van der Waals surface area contributed by atoms with Crippen LogP contribution in [0.4, 0.5) is 5.69 Å². The minimum absolute atomic E-state index is 0.0309. The van der Waals surface area contributed by atoms with E-state index in [4.69, 9.17) is 5.14 Å². The van der Waals surface area contributed by atoms with Gasteiger partial charge in [-0.1, -0.05) is 49.4 Å². The van der Waals surface area contributed by atoms with E-state index in [1.807, 2.05) is 24.3 Å². The number of rotatable bonds is 12. The number of nitrogens with one attached hydrogen (secondary N) is 2. The zero-order valence-electron chi connectivity index (χ0n) is 22.1. The van der Waals surface area contributed by atoms with Crippen LogP contribution in [0.1, 0.15) is 43.7 Å². The van der Waals surface area contributed by atoms with Crippen molar-refractivity contribution in [2.75, 3.05) is 18.8 Å². The molecule has 1 atom stereocenters. The van der Waals surface area contributed by atoms with Gasteiger partial charge in [0.2, 0.25) is 21.8 Å². The predicted octanol–water partition coefficient (Wildman–Crippen LogP) is 2.08. The Hall–Kier alpha value is -3.55. The Morgan fingerprint density at radius 3 is 2.50 bits per heavy atom. The second-order valence-electron chi connectivity index (χ2n) is 9.37. The van der Waals surface area contributed by atoms with Crippen LogP contribution in [0.25, 0.3) is 0 Å². The van der Waals surface area contributed by atoms with Crippen LogP contribution in [0.15, 0.2) is 63.4 Å². The maximum atomic E-state index is 13.3. The summed E-state index contributed by atoms with van der Waals surface area (Å²) in [6.45, 7) is 3.01. The number of benzene rings is 2. The van der Waals surface area contributed by atoms with Gasteiger partial charge in [-0.15, -0.1) is 0 Å². The monoisotopic (exact) mass is 584 g/mol. The predicted molar refractivity (Wildman–Crippen MR) is 155 cm³/mol. The summed E-state index contributed by atoms with van der Waals surface area (Å²) in [6, 6.07) is 12.8. The van der Waals surface area contributed by atoms with Crippen LogP contribution < -0.4 is 15.8 Å². The molecular formula is C27H32N6O5S2.